The van der Waals surface area contributed by atoms with Crippen molar-refractivity contribution >= 4 is 29.7 Å². The smallest absolute Gasteiger partial charge is 0.0325 e. The van der Waals surface area contributed by atoms with Crippen LogP contribution < -0.4 is 0 Å². The summed E-state index contributed by atoms with van der Waals surface area (Å²) in [7, 11) is 0. The Morgan fingerprint density at radius 1 is 1.50 bits per heavy atom. The summed E-state index contributed by atoms with van der Waals surface area (Å²) in [6.45, 7) is 2.21. The Morgan fingerprint density at radius 2 is 2.25 bits per heavy atom. The van der Waals surface area contributed by atoms with Crippen LogP contribution in [0.5, 0.6) is 0 Å². The van der Waals surface area contributed by atoms with E-state index in [9.17, 15) is 0 Å². The van der Waals surface area contributed by atoms with Gasteiger partial charge in [-0.1, -0.05) is 37.2 Å². The molecule has 1 aliphatic rings. The third-order valence-corrected chi connectivity index (χ3v) is 2.94. The predicted molar refractivity (Wildman–Crippen MR) is 61.9 cm³/mol. The molecule has 0 saturated carbocycles. The Kier molecular flexibility index (Phi) is 4.02. The van der Waals surface area contributed by atoms with Crippen LogP contribution in [0.2, 0.25) is 0 Å². The van der Waals surface area contributed by atoms with E-state index in [0.29, 0.717) is 0 Å². The summed E-state index contributed by atoms with van der Waals surface area (Å²) in [5.74, 6) is 0. The van der Waals surface area contributed by atoms with Gasteiger partial charge in [-0.05, 0) is 18.9 Å². The lowest BCUT2D eigenvalue weighted by Crippen LogP contribution is -2.01. The van der Waals surface area contributed by atoms with Crippen molar-refractivity contribution in [2.75, 3.05) is 0 Å². The van der Waals surface area contributed by atoms with Crippen molar-refractivity contribution in [1.29, 1.82) is 0 Å². The molecule has 0 amide bonds. The first-order chi connectivity index (χ1) is 5.74. The molecule has 0 atom stereocenters. The van der Waals surface area contributed by atoms with Gasteiger partial charge < -0.3 is 0 Å². The minimum Gasteiger partial charge on any atom is -0.142 e. The van der Waals surface area contributed by atoms with Crippen LogP contribution in [0.3, 0.4) is 0 Å². The van der Waals surface area contributed by atoms with Gasteiger partial charge in [-0.15, -0.1) is 12.6 Å². The van der Waals surface area contributed by atoms with Gasteiger partial charge in [-0.25, -0.2) is 0 Å². The molecule has 0 spiro atoms. The monoisotopic (exact) mass is 198 g/mol. The second-order valence-electron chi connectivity index (χ2n) is 3.08. The van der Waals surface area contributed by atoms with E-state index in [-0.39, 0.29) is 0 Å². The number of unbranched alkanes of at least 4 members (excludes halogenated alkanes) is 1. The van der Waals surface area contributed by atoms with E-state index in [2.05, 4.69) is 25.6 Å². The number of thiocarbonyl (C=S) groups is 1. The Bertz CT molecular complexity index is 236. The summed E-state index contributed by atoms with van der Waals surface area (Å²) in [5.41, 5.74) is 1.46. The third-order valence-electron chi connectivity index (χ3n) is 2.00. The van der Waals surface area contributed by atoms with Gasteiger partial charge in [0, 0.05) is 16.2 Å². The van der Waals surface area contributed by atoms with Crippen LogP contribution in [0.1, 0.15) is 32.6 Å². The van der Waals surface area contributed by atoms with Crippen molar-refractivity contribution < 1.29 is 0 Å². The molecule has 0 unspecified atom stereocenters. The molecule has 66 valence electrons. The molecular formula is C10H14S2. The quantitative estimate of drug-likeness (QED) is 0.533. The Hall–Kier alpha value is -0.0800. The zero-order valence-corrected chi connectivity index (χ0v) is 9.05. The average molecular weight is 198 g/mol. The summed E-state index contributed by atoms with van der Waals surface area (Å²) in [4.78, 5) is 1.96. The molecule has 1 rings (SSSR count). The van der Waals surface area contributed by atoms with Crippen molar-refractivity contribution in [3.05, 3.63) is 22.6 Å². The van der Waals surface area contributed by atoms with Crippen LogP contribution in [0.25, 0.3) is 0 Å². The summed E-state index contributed by atoms with van der Waals surface area (Å²) in [5, 5.41) is 0. The van der Waals surface area contributed by atoms with Gasteiger partial charge in [-0.2, -0.15) is 0 Å². The molecule has 0 heterocycles. The fraction of sp³-hybridized carbons (Fsp3) is 0.500. The maximum absolute atomic E-state index is 5.17. The number of rotatable bonds is 3. The molecule has 0 radical (unpaired) electrons. The van der Waals surface area contributed by atoms with Crippen molar-refractivity contribution in [2.45, 2.75) is 32.6 Å². The topological polar surface area (TPSA) is 0 Å². The number of allylic oxidation sites excluding steroid dienone is 4. The average Bonchev–Trinajstić information content (AvgIpc) is 2.07. The lowest BCUT2D eigenvalue weighted by molar-refractivity contribution is 0.779. The molecule has 0 aromatic heterocycles. The maximum atomic E-state index is 5.17. The molecule has 0 aliphatic heterocycles. The van der Waals surface area contributed by atoms with Crippen LogP contribution in [-0.2, 0) is 0 Å². The van der Waals surface area contributed by atoms with Crippen LogP contribution in [0, 0.1) is 0 Å². The fourth-order valence-corrected chi connectivity index (χ4v) is 1.63. The summed E-state index contributed by atoms with van der Waals surface area (Å²) >= 11 is 9.43. The van der Waals surface area contributed by atoms with E-state index in [1.807, 2.05) is 6.08 Å². The van der Waals surface area contributed by atoms with Crippen molar-refractivity contribution in [1.82, 2.24) is 0 Å². The highest BCUT2D eigenvalue weighted by Crippen LogP contribution is 2.22. The molecule has 0 aromatic rings. The Balaban J connectivity index is 2.52. The first-order valence-corrected chi connectivity index (χ1v) is 5.21. The molecule has 0 fully saturated rings. The van der Waals surface area contributed by atoms with Crippen molar-refractivity contribution in [3.8, 4) is 0 Å². The lowest BCUT2D eigenvalue weighted by atomic mass is 9.99. The lowest BCUT2D eigenvalue weighted by Gasteiger charge is -2.11. The van der Waals surface area contributed by atoms with Crippen molar-refractivity contribution in [3.63, 3.8) is 0 Å². The van der Waals surface area contributed by atoms with E-state index in [1.165, 1.54) is 24.8 Å². The van der Waals surface area contributed by atoms with E-state index in [4.69, 9.17) is 12.2 Å². The van der Waals surface area contributed by atoms with Crippen LogP contribution >= 0.6 is 24.8 Å². The van der Waals surface area contributed by atoms with Gasteiger partial charge in [0.25, 0.3) is 0 Å². The minimum absolute atomic E-state index is 0.949. The highest BCUT2D eigenvalue weighted by atomic mass is 32.1. The van der Waals surface area contributed by atoms with E-state index in [0.717, 1.165) is 16.2 Å². The molecule has 12 heavy (non-hydrogen) atoms. The van der Waals surface area contributed by atoms with Crippen molar-refractivity contribution in [2.24, 2.45) is 0 Å². The maximum Gasteiger partial charge on any atom is 0.0325 e. The Labute approximate surface area is 85.2 Å². The van der Waals surface area contributed by atoms with Gasteiger partial charge in [0.2, 0.25) is 0 Å². The molecule has 0 aromatic carbocycles. The molecule has 0 N–H and O–H groups in total. The summed E-state index contributed by atoms with van der Waals surface area (Å²) in [6.07, 6.45) is 8.83. The van der Waals surface area contributed by atoms with Gasteiger partial charge in [0.1, 0.15) is 0 Å². The molecule has 0 saturated heterocycles. The zero-order chi connectivity index (χ0) is 8.97. The van der Waals surface area contributed by atoms with Gasteiger partial charge in [0.05, 0.1) is 0 Å². The second kappa shape index (κ2) is 4.83. The summed E-state index contributed by atoms with van der Waals surface area (Å²) < 4.78 is 0. The van der Waals surface area contributed by atoms with E-state index in [1.54, 1.807) is 0 Å². The SMILES string of the molecule is CCCCC1=CC=C(S)C(=S)C1. The number of hydrogen-bond acceptors (Lipinski definition) is 2. The van der Waals surface area contributed by atoms with Gasteiger partial charge >= 0.3 is 0 Å². The molecule has 1 aliphatic carbocycles. The van der Waals surface area contributed by atoms with Crippen LogP contribution in [-0.4, -0.2) is 4.86 Å². The highest BCUT2D eigenvalue weighted by molar-refractivity contribution is 7.90. The summed E-state index contributed by atoms with van der Waals surface area (Å²) in [6, 6.07) is 0. The highest BCUT2D eigenvalue weighted by Gasteiger charge is 2.08. The van der Waals surface area contributed by atoms with E-state index < -0.39 is 0 Å². The predicted octanol–water partition coefficient (Wildman–Crippen LogP) is 3.69. The van der Waals surface area contributed by atoms with Crippen LogP contribution in [0.15, 0.2) is 22.6 Å². The first-order valence-electron chi connectivity index (χ1n) is 4.36. The number of hydrogen-bond donors (Lipinski definition) is 1. The second-order valence-corrected chi connectivity index (χ2v) is 4.05. The number of thiol groups is 1. The molecule has 0 bridgehead atoms. The van der Waals surface area contributed by atoms with Crippen LogP contribution in [0.4, 0.5) is 0 Å². The molecule has 2 heteroatoms. The molecular weight excluding hydrogens is 184 g/mol. The van der Waals surface area contributed by atoms with Gasteiger partial charge in [0.15, 0.2) is 0 Å². The largest absolute Gasteiger partial charge is 0.142 e. The minimum atomic E-state index is 0.949. The first kappa shape index (κ1) is 10.0. The van der Waals surface area contributed by atoms with E-state index >= 15 is 0 Å². The third kappa shape index (κ3) is 2.76. The normalized spacial score (nSPS) is 17.3. The molecule has 0 nitrogen and oxygen atoms in total. The Morgan fingerprint density at radius 3 is 2.83 bits per heavy atom. The standard InChI is InChI=1S/C10H14S2/c1-2-3-4-8-5-6-9(11)10(12)7-8/h5-6,11H,2-4,7H2,1H3. The zero-order valence-electron chi connectivity index (χ0n) is 7.34. The fourth-order valence-electron chi connectivity index (χ4n) is 1.22. The van der Waals surface area contributed by atoms with Gasteiger partial charge in [-0.3, -0.25) is 0 Å².